The Bertz CT molecular complexity index is 1010. The van der Waals surface area contributed by atoms with Crippen molar-refractivity contribution in [1.82, 2.24) is 0 Å². The van der Waals surface area contributed by atoms with Crippen LogP contribution < -0.4 is 0 Å². The lowest BCUT2D eigenvalue weighted by Gasteiger charge is -2.40. The van der Waals surface area contributed by atoms with E-state index in [-0.39, 0.29) is 45.2 Å². The summed E-state index contributed by atoms with van der Waals surface area (Å²) in [6.45, 7) is 3.88. The fraction of sp³-hybridized carbons (Fsp3) is 0.400. The molecule has 1 N–H and O–H groups in total. The highest BCUT2D eigenvalue weighted by molar-refractivity contribution is 8.03. The molecule has 1 aromatic carbocycles. The van der Waals surface area contributed by atoms with Crippen LogP contribution in [0.4, 0.5) is 5.69 Å². The summed E-state index contributed by atoms with van der Waals surface area (Å²) in [5, 5.41) is 30.7. The number of carbonyl (C=O) groups excluding carboxylic acids is 1. The number of carboxylic acid groups (broad SMARTS) is 1. The molecular formula is C20H19N3O5S. The Balaban J connectivity index is 2.22. The van der Waals surface area contributed by atoms with Gasteiger partial charge in [-0.3, -0.25) is 19.7 Å². The first-order valence-electron chi connectivity index (χ1n) is 8.97. The zero-order chi connectivity index (χ0) is 21.3. The fourth-order valence-corrected chi connectivity index (χ4v) is 4.79. The number of benzene rings is 1. The van der Waals surface area contributed by atoms with Crippen LogP contribution in [0.5, 0.6) is 0 Å². The maximum atomic E-state index is 13.1. The lowest BCUT2D eigenvalue weighted by atomic mass is 9.64. The van der Waals surface area contributed by atoms with Gasteiger partial charge in [0.05, 0.1) is 28.2 Å². The van der Waals surface area contributed by atoms with Crippen molar-refractivity contribution in [3.05, 3.63) is 50.5 Å². The normalized spacial score (nSPS) is 23.1. The van der Waals surface area contributed by atoms with Crippen LogP contribution in [0.15, 0.2) is 39.9 Å². The summed E-state index contributed by atoms with van der Waals surface area (Å²) in [5.74, 6) is -3.09. The highest BCUT2D eigenvalue weighted by Crippen LogP contribution is 2.49. The maximum absolute atomic E-state index is 13.1. The molecule has 2 atom stereocenters. The average molecular weight is 413 g/mol. The number of aliphatic carboxylic acids is 1. The van der Waals surface area contributed by atoms with E-state index >= 15 is 0 Å². The van der Waals surface area contributed by atoms with Crippen LogP contribution >= 0.6 is 11.8 Å². The summed E-state index contributed by atoms with van der Waals surface area (Å²) in [4.78, 5) is 39.7. The number of para-hydroxylation sites is 1. The van der Waals surface area contributed by atoms with Gasteiger partial charge in [-0.1, -0.05) is 43.8 Å². The molecular weight excluding hydrogens is 394 g/mol. The average Bonchev–Trinajstić information content (AvgIpc) is 2.64. The molecule has 0 bridgehead atoms. The van der Waals surface area contributed by atoms with E-state index in [4.69, 9.17) is 5.11 Å². The minimum atomic E-state index is -1.07. The summed E-state index contributed by atoms with van der Waals surface area (Å²) in [7, 11) is 0. The summed E-state index contributed by atoms with van der Waals surface area (Å²) >= 11 is 0.897. The smallest absolute Gasteiger partial charge is 0.313 e. The van der Waals surface area contributed by atoms with Gasteiger partial charge in [0.15, 0.2) is 0 Å². The molecule has 2 aliphatic rings. The number of carboxylic acids is 1. The van der Waals surface area contributed by atoms with Crippen molar-refractivity contribution in [3.63, 3.8) is 0 Å². The number of nitro benzene ring substituents is 1. The van der Waals surface area contributed by atoms with Crippen LogP contribution in [0.25, 0.3) is 0 Å². The fourth-order valence-electron chi connectivity index (χ4n) is 4.02. The monoisotopic (exact) mass is 413 g/mol. The van der Waals surface area contributed by atoms with Crippen LogP contribution in [0.3, 0.4) is 0 Å². The van der Waals surface area contributed by atoms with E-state index in [0.29, 0.717) is 12.1 Å². The van der Waals surface area contributed by atoms with Gasteiger partial charge < -0.3 is 5.11 Å². The van der Waals surface area contributed by atoms with E-state index in [1.807, 2.05) is 13.8 Å². The Morgan fingerprint density at radius 1 is 1.38 bits per heavy atom. The van der Waals surface area contributed by atoms with Gasteiger partial charge >= 0.3 is 5.97 Å². The van der Waals surface area contributed by atoms with Crippen molar-refractivity contribution in [2.45, 2.75) is 32.6 Å². The second-order valence-electron chi connectivity index (χ2n) is 7.87. The predicted octanol–water partition coefficient (Wildman–Crippen LogP) is 3.69. The molecule has 29 heavy (non-hydrogen) atoms. The Kier molecular flexibility index (Phi) is 5.57. The zero-order valence-electron chi connectivity index (χ0n) is 15.9. The van der Waals surface area contributed by atoms with Gasteiger partial charge in [0.25, 0.3) is 5.69 Å². The molecule has 1 aromatic rings. The standard InChI is InChI=1S/C20H19N3O5S/c1-20(2)7-13-18(15(24)8-20)17(11-5-3-4-6-14(11)23(27)28)12(9-21)19(22-13)29-10-16(25)26/h3-6,17-18H,7-8,10H2,1-2H3,(H,25,26)/t17-,18?/m1/s1. The van der Waals surface area contributed by atoms with Crippen molar-refractivity contribution < 1.29 is 19.6 Å². The number of Topliss-reactive ketones (excluding diaryl/α,β-unsaturated/α-hetero) is 1. The molecule has 1 fully saturated rings. The predicted molar refractivity (Wildman–Crippen MR) is 108 cm³/mol. The van der Waals surface area contributed by atoms with Crippen LogP contribution in [-0.2, 0) is 9.59 Å². The highest BCUT2D eigenvalue weighted by atomic mass is 32.2. The number of nitro groups is 1. The molecule has 0 aromatic heterocycles. The van der Waals surface area contributed by atoms with Gasteiger partial charge in [-0.05, 0) is 11.8 Å². The first-order valence-corrected chi connectivity index (χ1v) is 9.95. The van der Waals surface area contributed by atoms with Crippen molar-refractivity contribution in [3.8, 4) is 6.07 Å². The van der Waals surface area contributed by atoms with Gasteiger partial charge in [0.1, 0.15) is 10.8 Å². The third-order valence-corrected chi connectivity index (χ3v) is 6.04. The number of allylic oxidation sites excluding steroid dienone is 1. The van der Waals surface area contributed by atoms with Gasteiger partial charge in [-0.2, -0.15) is 5.26 Å². The first kappa shape index (κ1) is 20.7. The Morgan fingerprint density at radius 3 is 2.69 bits per heavy atom. The summed E-state index contributed by atoms with van der Waals surface area (Å²) in [5.41, 5.74) is 0.431. The number of thioether (sulfide) groups is 1. The second kappa shape index (κ2) is 7.79. The van der Waals surface area contributed by atoms with Crippen LogP contribution in [0.1, 0.15) is 38.2 Å². The van der Waals surface area contributed by atoms with E-state index in [1.165, 1.54) is 12.1 Å². The number of hydrogen-bond donors (Lipinski definition) is 1. The number of ketones is 1. The van der Waals surface area contributed by atoms with Crippen LogP contribution in [0.2, 0.25) is 0 Å². The third-order valence-electron chi connectivity index (χ3n) is 5.06. The molecule has 1 aliphatic heterocycles. The molecule has 3 rings (SSSR count). The molecule has 0 saturated heterocycles. The number of aliphatic imine (C=N–C) groups is 1. The molecule has 8 nitrogen and oxygen atoms in total. The van der Waals surface area contributed by atoms with Crippen LogP contribution in [-0.4, -0.2) is 33.2 Å². The van der Waals surface area contributed by atoms with Crippen molar-refractivity contribution >= 4 is 34.9 Å². The quantitative estimate of drug-likeness (QED) is 0.574. The number of carbonyl (C=O) groups is 2. The lowest BCUT2D eigenvalue weighted by molar-refractivity contribution is -0.385. The molecule has 0 radical (unpaired) electrons. The molecule has 9 heteroatoms. The van der Waals surface area contributed by atoms with Crippen molar-refractivity contribution in [1.29, 1.82) is 5.26 Å². The summed E-state index contributed by atoms with van der Waals surface area (Å²) in [6.07, 6.45) is 0.778. The molecule has 1 saturated carbocycles. The van der Waals surface area contributed by atoms with E-state index in [9.17, 15) is 25.0 Å². The van der Waals surface area contributed by atoms with E-state index in [2.05, 4.69) is 11.1 Å². The van der Waals surface area contributed by atoms with Crippen molar-refractivity contribution in [2.75, 3.05) is 5.75 Å². The number of nitrogens with zero attached hydrogens (tertiary/aromatic N) is 3. The molecule has 1 heterocycles. The summed E-state index contributed by atoms with van der Waals surface area (Å²) < 4.78 is 0. The SMILES string of the molecule is CC1(C)CC(=O)C2C(=NC(SCC(=O)O)=C(C#N)[C@H]2c2ccccc2[N+](=O)[O-])C1. The second-order valence-corrected chi connectivity index (χ2v) is 8.84. The van der Waals surface area contributed by atoms with E-state index < -0.39 is 22.7 Å². The minimum Gasteiger partial charge on any atom is -0.481 e. The molecule has 1 unspecified atom stereocenters. The number of nitriles is 1. The Labute approximate surface area is 171 Å². The van der Waals surface area contributed by atoms with Crippen molar-refractivity contribution in [2.24, 2.45) is 16.3 Å². The molecule has 1 aliphatic carbocycles. The van der Waals surface area contributed by atoms with Gasteiger partial charge in [0.2, 0.25) is 0 Å². The number of hydrogen-bond acceptors (Lipinski definition) is 7. The van der Waals surface area contributed by atoms with Crippen LogP contribution in [0, 0.1) is 32.8 Å². The Morgan fingerprint density at radius 2 is 2.07 bits per heavy atom. The minimum absolute atomic E-state index is 0.104. The first-order chi connectivity index (χ1) is 13.6. The highest BCUT2D eigenvalue weighted by Gasteiger charge is 2.48. The number of rotatable bonds is 5. The topological polar surface area (TPSA) is 134 Å². The summed E-state index contributed by atoms with van der Waals surface area (Å²) in [6, 6.07) is 8.10. The van der Waals surface area contributed by atoms with Gasteiger partial charge in [0, 0.05) is 29.7 Å². The largest absolute Gasteiger partial charge is 0.481 e. The number of fused-ring (bicyclic) bond motifs is 1. The maximum Gasteiger partial charge on any atom is 0.313 e. The van der Waals surface area contributed by atoms with Gasteiger partial charge in [-0.25, -0.2) is 4.99 Å². The lowest BCUT2D eigenvalue weighted by Crippen LogP contribution is -2.43. The molecule has 0 amide bonds. The zero-order valence-corrected chi connectivity index (χ0v) is 16.7. The molecule has 0 spiro atoms. The molecule has 150 valence electrons. The third kappa shape index (κ3) is 4.07. The van der Waals surface area contributed by atoms with E-state index in [0.717, 1.165) is 11.8 Å². The van der Waals surface area contributed by atoms with Gasteiger partial charge in [-0.15, -0.1) is 0 Å². The van der Waals surface area contributed by atoms with E-state index in [1.54, 1.807) is 12.1 Å². The Hall–Kier alpha value is -2.99.